The van der Waals surface area contributed by atoms with Crippen molar-refractivity contribution in [3.8, 4) is 0 Å². The van der Waals surface area contributed by atoms with Gasteiger partial charge in [-0.15, -0.1) is 0 Å². The second-order valence-electron chi connectivity index (χ2n) is 23.8. The standard InChI is InChI=1S/C50H79NO19/c1-45(2)15-16-50(29(55)8-7-17-51)24(18-45)23-9-10-28-46(3)13-12-31(47(4,22-53)27(46)11-14-48(28,5)49(23,6)19-30(50)56)67-44-40(70-43-36(61)34(59)33(58)26(20-52)66-43)38(37(62)39(69-44)41(63)64)68-42-35(60)32(57)25(54)21-65-42/h9,22,24-28,30-40,42-44,52,54,56-62H,7-8,10-21,51H2,1-6H3,(H,63,64)/t24?,25-,26?,27-,28?,30+,31+,32+,33+,34+,35+,36+,37+,38+,39?,40+,42?,43?,44?,46?,47-,48+,49-,50?/m1/s1. The van der Waals surface area contributed by atoms with E-state index in [4.69, 9.17) is 34.2 Å². The number of ketones is 1. The molecule has 0 aromatic carbocycles. The fourth-order valence-corrected chi connectivity index (χ4v) is 15.4. The molecule has 0 aromatic rings. The van der Waals surface area contributed by atoms with Crippen molar-refractivity contribution in [3.63, 3.8) is 0 Å². The topological polar surface area (TPSA) is 335 Å². The lowest BCUT2D eigenvalue weighted by molar-refractivity contribution is -0.391. The zero-order valence-electron chi connectivity index (χ0n) is 41.2. The van der Waals surface area contributed by atoms with Crippen LogP contribution >= 0.6 is 0 Å². The maximum absolute atomic E-state index is 14.4. The summed E-state index contributed by atoms with van der Waals surface area (Å²) < 4.78 is 36.0. The van der Waals surface area contributed by atoms with Crippen LogP contribution in [-0.2, 0) is 42.8 Å². The molecule has 4 saturated carbocycles. The van der Waals surface area contributed by atoms with E-state index in [2.05, 4.69) is 40.7 Å². The molecule has 20 nitrogen and oxygen atoms in total. The van der Waals surface area contributed by atoms with Gasteiger partial charge in [0.2, 0.25) is 0 Å². The zero-order chi connectivity index (χ0) is 51.3. The number of carbonyl (C=O) groups is 3. The summed E-state index contributed by atoms with van der Waals surface area (Å²) in [4.78, 5) is 41.1. The van der Waals surface area contributed by atoms with Crippen molar-refractivity contribution in [2.75, 3.05) is 19.8 Å². The van der Waals surface area contributed by atoms with Gasteiger partial charge in [0, 0.05) is 6.42 Å². The van der Waals surface area contributed by atoms with Gasteiger partial charge in [-0.05, 0) is 110 Å². The van der Waals surface area contributed by atoms with Crippen LogP contribution in [0.15, 0.2) is 11.6 Å². The number of carboxylic acids is 1. The molecule has 0 bridgehead atoms. The van der Waals surface area contributed by atoms with E-state index in [1.54, 1.807) is 6.92 Å². The van der Waals surface area contributed by atoms with E-state index in [9.17, 15) is 65.4 Å². The quantitative estimate of drug-likeness (QED) is 0.0647. The van der Waals surface area contributed by atoms with Gasteiger partial charge in [-0.1, -0.05) is 53.2 Å². The minimum atomic E-state index is -2.13. The first-order valence-electron chi connectivity index (χ1n) is 25.4. The molecule has 20 heteroatoms. The van der Waals surface area contributed by atoms with Crippen LogP contribution in [0.3, 0.4) is 0 Å². The number of carboxylic acid groups (broad SMARTS) is 1. The molecule has 398 valence electrons. The van der Waals surface area contributed by atoms with Crippen LogP contribution in [-0.4, -0.2) is 187 Å². The third kappa shape index (κ3) is 8.48. The highest BCUT2D eigenvalue weighted by Crippen LogP contribution is 2.76. The Balaban J connectivity index is 1.12. The van der Waals surface area contributed by atoms with Crippen molar-refractivity contribution in [3.05, 3.63) is 11.6 Å². The number of allylic oxidation sites excluding steroid dienone is 2. The summed E-state index contributed by atoms with van der Waals surface area (Å²) in [6.45, 7) is 12.1. The van der Waals surface area contributed by atoms with Crippen LogP contribution in [0, 0.1) is 50.2 Å². The summed E-state index contributed by atoms with van der Waals surface area (Å²) >= 11 is 0. The third-order valence-corrected chi connectivity index (χ3v) is 19.7. The molecule has 12 N–H and O–H groups in total. The number of hydrogen-bond donors (Lipinski definition) is 11. The van der Waals surface area contributed by atoms with Gasteiger partial charge in [-0.3, -0.25) is 4.79 Å². The summed E-state index contributed by atoms with van der Waals surface area (Å²) in [6.07, 6.45) is -18.3. The molecule has 3 aliphatic heterocycles. The van der Waals surface area contributed by atoms with E-state index in [1.807, 2.05) is 0 Å². The van der Waals surface area contributed by atoms with Gasteiger partial charge < -0.3 is 90.0 Å². The van der Waals surface area contributed by atoms with E-state index in [-0.39, 0.29) is 40.8 Å². The molecule has 0 aromatic heterocycles. The summed E-state index contributed by atoms with van der Waals surface area (Å²) in [5.41, 5.74) is 3.61. The number of hydrogen-bond acceptors (Lipinski definition) is 19. The highest BCUT2D eigenvalue weighted by Gasteiger charge is 2.72. The average molecular weight is 998 g/mol. The Kier molecular flexibility index (Phi) is 15.1. The highest BCUT2D eigenvalue weighted by molar-refractivity contribution is 5.87. The molecule has 0 spiro atoms. The van der Waals surface area contributed by atoms with Crippen LogP contribution < -0.4 is 5.73 Å². The minimum Gasteiger partial charge on any atom is -0.479 e. The van der Waals surface area contributed by atoms with Gasteiger partial charge >= 0.3 is 5.97 Å². The first-order valence-corrected chi connectivity index (χ1v) is 25.4. The van der Waals surface area contributed by atoms with Gasteiger partial charge in [0.1, 0.15) is 73.1 Å². The number of carbonyl (C=O) groups excluding carboxylic acids is 2. The number of aliphatic hydroxyl groups is 9. The van der Waals surface area contributed by atoms with E-state index in [0.29, 0.717) is 57.9 Å². The van der Waals surface area contributed by atoms with Crippen molar-refractivity contribution in [2.45, 2.75) is 210 Å². The summed E-state index contributed by atoms with van der Waals surface area (Å²) in [5, 5.41) is 108. The van der Waals surface area contributed by atoms with Crippen molar-refractivity contribution in [1.82, 2.24) is 0 Å². The zero-order valence-corrected chi connectivity index (χ0v) is 41.2. The van der Waals surface area contributed by atoms with E-state index in [0.717, 1.165) is 19.1 Å². The number of aliphatic carboxylic acids is 1. The largest absolute Gasteiger partial charge is 0.479 e. The molecule has 8 rings (SSSR count). The minimum absolute atomic E-state index is 0.0188. The van der Waals surface area contributed by atoms with E-state index < -0.39 is 139 Å². The molecular weight excluding hydrogens is 919 g/mol. The highest BCUT2D eigenvalue weighted by atomic mass is 16.8. The van der Waals surface area contributed by atoms with Gasteiger partial charge in [-0.2, -0.15) is 0 Å². The molecule has 70 heavy (non-hydrogen) atoms. The van der Waals surface area contributed by atoms with E-state index >= 15 is 0 Å². The SMILES string of the molecule is CC1(C)CCC2(C(=O)CCCN)C(C1)C1=CCC3C4(C)CC[C@H](OC5OC(C(=O)O)[C@@H](O)[C@H](OC6OC[C@@H](O)[C@H](O)[C@@H]6O)[C@@H]5OC5OC(CO)[C@H](O)[C@H](O)[C@@H]5O)[C@](C)(C=O)[C@@H]4CC[C@]3(C)[C@]1(C)C[C@@H]2O. The van der Waals surface area contributed by atoms with Crippen LogP contribution in [0.25, 0.3) is 0 Å². The number of nitrogens with two attached hydrogens (primary N) is 1. The van der Waals surface area contributed by atoms with Gasteiger partial charge in [0.05, 0.1) is 36.3 Å². The number of rotatable bonds is 13. The lowest BCUT2D eigenvalue weighted by atomic mass is 9.33. The molecule has 0 radical (unpaired) electrons. The van der Waals surface area contributed by atoms with Gasteiger partial charge in [0.25, 0.3) is 0 Å². The smallest absolute Gasteiger partial charge is 0.335 e. The fourth-order valence-electron chi connectivity index (χ4n) is 15.4. The van der Waals surface area contributed by atoms with Crippen molar-refractivity contribution < 1.29 is 93.9 Å². The maximum Gasteiger partial charge on any atom is 0.335 e. The van der Waals surface area contributed by atoms with Gasteiger partial charge in [0.15, 0.2) is 25.0 Å². The average Bonchev–Trinajstić information content (AvgIpc) is 3.30. The monoisotopic (exact) mass is 998 g/mol. The second kappa shape index (κ2) is 19.6. The Labute approximate surface area is 408 Å². The maximum atomic E-state index is 14.4. The number of ether oxygens (including phenoxy) is 6. The lowest BCUT2D eigenvalue weighted by Crippen LogP contribution is -2.69. The number of aldehydes is 1. The fraction of sp³-hybridized carbons (Fsp3) is 0.900. The normalized spacial score (nSPS) is 52.2. The molecular formula is C50H79NO19. The number of aliphatic hydroxyl groups excluding tert-OH is 9. The van der Waals surface area contributed by atoms with Crippen molar-refractivity contribution in [2.24, 2.45) is 56.0 Å². The molecule has 24 atom stereocenters. The summed E-state index contributed by atoms with van der Waals surface area (Å²) in [7, 11) is 0. The predicted octanol–water partition coefficient (Wildman–Crippen LogP) is -0.189. The Morgan fingerprint density at radius 3 is 2.11 bits per heavy atom. The Morgan fingerprint density at radius 1 is 0.771 bits per heavy atom. The molecule has 9 unspecified atom stereocenters. The third-order valence-electron chi connectivity index (χ3n) is 19.7. The molecule has 0 amide bonds. The first kappa shape index (κ1) is 54.2. The van der Waals surface area contributed by atoms with Crippen LogP contribution in [0.4, 0.5) is 0 Å². The molecule has 8 aliphatic rings. The molecule has 3 saturated heterocycles. The van der Waals surface area contributed by atoms with Crippen molar-refractivity contribution >= 4 is 18.0 Å². The van der Waals surface area contributed by atoms with Crippen LogP contribution in [0.2, 0.25) is 0 Å². The predicted molar refractivity (Wildman–Crippen MR) is 243 cm³/mol. The Bertz CT molecular complexity index is 1970. The molecule has 7 fully saturated rings. The second-order valence-corrected chi connectivity index (χ2v) is 23.8. The summed E-state index contributed by atoms with van der Waals surface area (Å²) in [5.74, 6) is -2.00. The number of fused-ring (bicyclic) bond motifs is 7. The van der Waals surface area contributed by atoms with Crippen LogP contribution in [0.5, 0.6) is 0 Å². The molecule has 5 aliphatic carbocycles. The van der Waals surface area contributed by atoms with Gasteiger partial charge in [-0.25, -0.2) is 4.79 Å². The number of Topliss-reactive ketones (excluding diaryl/α,β-unsaturated/α-hetero) is 1. The first-order chi connectivity index (χ1) is 32.8. The molecule has 3 heterocycles. The van der Waals surface area contributed by atoms with E-state index in [1.165, 1.54) is 5.57 Å². The Morgan fingerprint density at radius 2 is 1.46 bits per heavy atom. The van der Waals surface area contributed by atoms with Crippen molar-refractivity contribution in [1.29, 1.82) is 0 Å². The lowest BCUT2D eigenvalue weighted by Gasteiger charge is -2.71. The summed E-state index contributed by atoms with van der Waals surface area (Å²) in [6, 6.07) is 0. The van der Waals surface area contributed by atoms with Crippen LogP contribution in [0.1, 0.15) is 112 Å². The Hall–Kier alpha value is -2.09.